The number of aryl methyl sites for hydroxylation is 1. The van der Waals surface area contributed by atoms with Crippen molar-refractivity contribution in [2.24, 2.45) is 0 Å². The van der Waals surface area contributed by atoms with E-state index in [-0.39, 0.29) is 6.03 Å². The number of carbonyl (C=O) groups is 2. The minimum absolute atomic E-state index is 0.165. The zero-order valence-corrected chi connectivity index (χ0v) is 11.3. The van der Waals surface area contributed by atoms with Gasteiger partial charge in [-0.2, -0.15) is 0 Å². The molecule has 1 atom stereocenters. The van der Waals surface area contributed by atoms with Crippen molar-refractivity contribution in [2.45, 2.75) is 31.7 Å². The molecule has 1 unspecified atom stereocenters. The fourth-order valence-corrected chi connectivity index (χ4v) is 3.14. The van der Waals surface area contributed by atoms with E-state index in [1.165, 1.54) is 4.90 Å². The van der Waals surface area contributed by atoms with E-state index in [4.69, 9.17) is 0 Å². The van der Waals surface area contributed by atoms with Crippen molar-refractivity contribution in [1.82, 2.24) is 4.90 Å². The Morgan fingerprint density at radius 1 is 1.15 bits per heavy atom. The Morgan fingerprint density at radius 3 is 2.75 bits per heavy atom. The molecule has 0 aliphatic carbocycles. The normalized spacial score (nSPS) is 21.7. The third-order valence-electron chi connectivity index (χ3n) is 4.12. The molecule has 1 saturated heterocycles. The van der Waals surface area contributed by atoms with E-state index in [1.807, 2.05) is 24.3 Å². The smallest absolute Gasteiger partial charge is 0.326 e. The van der Waals surface area contributed by atoms with Gasteiger partial charge >= 0.3 is 12.0 Å². The highest BCUT2D eigenvalue weighted by molar-refractivity contribution is 5.95. The Morgan fingerprint density at radius 2 is 1.95 bits per heavy atom. The first-order valence-corrected chi connectivity index (χ1v) is 7.07. The zero-order chi connectivity index (χ0) is 14.1. The summed E-state index contributed by atoms with van der Waals surface area (Å²) < 4.78 is 0. The summed E-state index contributed by atoms with van der Waals surface area (Å²) in [6.07, 6.45) is 3.21. The van der Waals surface area contributed by atoms with Gasteiger partial charge < -0.3 is 10.0 Å². The summed E-state index contributed by atoms with van der Waals surface area (Å²) in [5, 5.41) is 9.21. The lowest BCUT2D eigenvalue weighted by atomic mass is 10.0. The maximum Gasteiger partial charge on any atom is 0.326 e. The van der Waals surface area contributed by atoms with Gasteiger partial charge in [-0.3, -0.25) is 4.90 Å². The summed E-state index contributed by atoms with van der Waals surface area (Å²) >= 11 is 0. The van der Waals surface area contributed by atoms with E-state index in [1.54, 1.807) is 4.90 Å². The van der Waals surface area contributed by atoms with Gasteiger partial charge in [0.25, 0.3) is 0 Å². The van der Waals surface area contributed by atoms with Crippen LogP contribution >= 0.6 is 0 Å². The van der Waals surface area contributed by atoms with Crippen LogP contribution in [-0.2, 0) is 11.2 Å². The number of nitrogens with zero attached hydrogens (tertiary/aromatic N) is 2. The van der Waals surface area contributed by atoms with E-state index in [2.05, 4.69) is 0 Å². The molecule has 2 aliphatic rings. The molecule has 3 rings (SSSR count). The van der Waals surface area contributed by atoms with Crippen LogP contribution in [0, 0.1) is 0 Å². The standard InChI is InChI=1S/C15H18N2O3/c18-14(19)13-8-4-10-17(13)15(20)16-9-3-6-11-5-1-2-7-12(11)16/h1-2,5,7,13H,3-4,6,8-10H2,(H,18,19). The van der Waals surface area contributed by atoms with Gasteiger partial charge in [0, 0.05) is 18.8 Å². The first-order valence-electron chi connectivity index (χ1n) is 7.07. The first-order chi connectivity index (χ1) is 9.68. The van der Waals surface area contributed by atoms with Gasteiger partial charge in [-0.25, -0.2) is 9.59 Å². The predicted octanol–water partition coefficient (Wildman–Crippen LogP) is 2.11. The fourth-order valence-electron chi connectivity index (χ4n) is 3.14. The maximum absolute atomic E-state index is 12.7. The SMILES string of the molecule is O=C(O)C1CCCN1C(=O)N1CCCc2ccccc21. The Kier molecular flexibility index (Phi) is 3.34. The van der Waals surface area contributed by atoms with Crippen LogP contribution in [0.25, 0.3) is 0 Å². The Bertz CT molecular complexity index is 544. The number of hydrogen-bond donors (Lipinski definition) is 1. The number of amides is 2. The van der Waals surface area contributed by atoms with Crippen LogP contribution in [0.15, 0.2) is 24.3 Å². The van der Waals surface area contributed by atoms with Gasteiger partial charge in [0.1, 0.15) is 6.04 Å². The topological polar surface area (TPSA) is 60.9 Å². The van der Waals surface area contributed by atoms with Crippen molar-refractivity contribution < 1.29 is 14.7 Å². The molecule has 106 valence electrons. The van der Waals surface area contributed by atoms with E-state index >= 15 is 0 Å². The molecule has 5 nitrogen and oxygen atoms in total. The largest absolute Gasteiger partial charge is 0.480 e. The summed E-state index contributed by atoms with van der Waals surface area (Å²) in [5.74, 6) is -0.902. The Balaban J connectivity index is 1.87. The monoisotopic (exact) mass is 274 g/mol. The number of benzene rings is 1. The number of fused-ring (bicyclic) bond motifs is 1. The molecule has 1 fully saturated rings. The van der Waals surface area contributed by atoms with Gasteiger partial charge in [0.05, 0.1) is 0 Å². The van der Waals surface area contributed by atoms with E-state index in [0.717, 1.165) is 30.5 Å². The van der Waals surface area contributed by atoms with Crippen LogP contribution < -0.4 is 4.90 Å². The Labute approximate surface area is 117 Å². The number of likely N-dealkylation sites (tertiary alicyclic amines) is 1. The van der Waals surface area contributed by atoms with Gasteiger partial charge in [0.15, 0.2) is 0 Å². The summed E-state index contributed by atoms with van der Waals surface area (Å²) in [5.41, 5.74) is 2.10. The second-order valence-electron chi connectivity index (χ2n) is 5.36. The van der Waals surface area contributed by atoms with Crippen LogP contribution in [0.2, 0.25) is 0 Å². The molecule has 5 heteroatoms. The molecule has 0 spiro atoms. The van der Waals surface area contributed by atoms with Crippen molar-refractivity contribution in [3.63, 3.8) is 0 Å². The molecule has 1 aromatic carbocycles. The zero-order valence-electron chi connectivity index (χ0n) is 11.3. The molecule has 1 aromatic rings. The molecule has 1 N–H and O–H groups in total. The number of carboxylic acid groups (broad SMARTS) is 1. The molecular formula is C15H18N2O3. The number of urea groups is 1. The summed E-state index contributed by atoms with van der Waals surface area (Å²) in [7, 11) is 0. The van der Waals surface area contributed by atoms with Crippen LogP contribution in [0.1, 0.15) is 24.8 Å². The van der Waals surface area contributed by atoms with Crippen LogP contribution in [0.3, 0.4) is 0 Å². The first kappa shape index (κ1) is 13.0. The molecule has 0 saturated carbocycles. The molecule has 0 bridgehead atoms. The number of rotatable bonds is 1. The molecule has 0 radical (unpaired) electrons. The summed E-state index contributed by atoms with van der Waals surface area (Å²) in [6, 6.07) is 7.04. The number of carboxylic acids is 1. The second-order valence-corrected chi connectivity index (χ2v) is 5.36. The van der Waals surface area contributed by atoms with Gasteiger partial charge in [0.2, 0.25) is 0 Å². The van der Waals surface area contributed by atoms with Crippen molar-refractivity contribution >= 4 is 17.7 Å². The number of anilines is 1. The number of carbonyl (C=O) groups excluding carboxylic acids is 1. The van der Waals surface area contributed by atoms with Gasteiger partial charge in [-0.05, 0) is 37.3 Å². The molecule has 2 amide bonds. The van der Waals surface area contributed by atoms with Crippen molar-refractivity contribution in [3.05, 3.63) is 29.8 Å². The highest BCUT2D eigenvalue weighted by Gasteiger charge is 2.37. The molecule has 2 aliphatic heterocycles. The lowest BCUT2D eigenvalue weighted by Gasteiger charge is -2.34. The minimum atomic E-state index is -0.902. The van der Waals surface area contributed by atoms with E-state index in [0.29, 0.717) is 19.5 Å². The van der Waals surface area contributed by atoms with Crippen molar-refractivity contribution in [2.75, 3.05) is 18.0 Å². The third kappa shape index (κ3) is 2.13. The highest BCUT2D eigenvalue weighted by Crippen LogP contribution is 2.29. The molecule has 2 heterocycles. The Hall–Kier alpha value is -2.04. The van der Waals surface area contributed by atoms with Crippen LogP contribution in [0.5, 0.6) is 0 Å². The minimum Gasteiger partial charge on any atom is -0.480 e. The fraction of sp³-hybridized carbons (Fsp3) is 0.467. The van der Waals surface area contributed by atoms with Gasteiger partial charge in [-0.15, -0.1) is 0 Å². The molecular weight excluding hydrogens is 256 g/mol. The average Bonchev–Trinajstić information content (AvgIpc) is 2.95. The summed E-state index contributed by atoms with van der Waals surface area (Å²) in [6.45, 7) is 1.20. The van der Waals surface area contributed by atoms with E-state index in [9.17, 15) is 14.7 Å². The third-order valence-corrected chi connectivity index (χ3v) is 4.12. The number of hydrogen-bond acceptors (Lipinski definition) is 2. The molecule has 0 aromatic heterocycles. The van der Waals surface area contributed by atoms with Gasteiger partial charge in [-0.1, -0.05) is 18.2 Å². The van der Waals surface area contributed by atoms with Crippen LogP contribution in [0.4, 0.5) is 10.5 Å². The molecule has 20 heavy (non-hydrogen) atoms. The van der Waals surface area contributed by atoms with Crippen molar-refractivity contribution in [1.29, 1.82) is 0 Å². The second kappa shape index (κ2) is 5.15. The van der Waals surface area contributed by atoms with Crippen LogP contribution in [-0.4, -0.2) is 41.1 Å². The lowest BCUT2D eigenvalue weighted by Crippen LogP contribution is -2.49. The maximum atomic E-state index is 12.7. The quantitative estimate of drug-likeness (QED) is 0.853. The lowest BCUT2D eigenvalue weighted by molar-refractivity contribution is -0.141. The number of para-hydroxylation sites is 1. The number of aliphatic carboxylic acids is 1. The van der Waals surface area contributed by atoms with E-state index < -0.39 is 12.0 Å². The summed E-state index contributed by atoms with van der Waals surface area (Å²) in [4.78, 5) is 27.1. The predicted molar refractivity (Wildman–Crippen MR) is 74.9 cm³/mol. The highest BCUT2D eigenvalue weighted by atomic mass is 16.4. The average molecular weight is 274 g/mol. The van der Waals surface area contributed by atoms with Crippen molar-refractivity contribution in [3.8, 4) is 0 Å².